The molecule has 0 aromatic heterocycles. The molecule has 0 saturated carbocycles. The highest BCUT2D eigenvalue weighted by molar-refractivity contribution is 9.10. The van der Waals surface area contributed by atoms with Crippen LogP contribution >= 0.6 is 27.7 Å². The Kier molecular flexibility index (Phi) is 4.44. The van der Waals surface area contributed by atoms with Gasteiger partial charge in [0, 0.05) is 21.7 Å². The second-order valence-corrected chi connectivity index (χ2v) is 5.41. The SMILES string of the molecule is CC(O)(CN)CSc1cccc(Br)c1. The molecule has 1 atom stereocenters. The first-order chi connectivity index (χ1) is 6.53. The summed E-state index contributed by atoms with van der Waals surface area (Å²) < 4.78 is 1.05. The number of halogens is 1. The summed E-state index contributed by atoms with van der Waals surface area (Å²) in [6, 6.07) is 7.99. The predicted molar refractivity (Wildman–Crippen MR) is 64.5 cm³/mol. The monoisotopic (exact) mass is 275 g/mol. The predicted octanol–water partition coefficient (Wildman–Crippen LogP) is 2.25. The summed E-state index contributed by atoms with van der Waals surface area (Å²) in [6.45, 7) is 2.03. The number of hydrogen-bond donors (Lipinski definition) is 2. The fraction of sp³-hybridized carbons (Fsp3) is 0.400. The minimum atomic E-state index is -0.785. The van der Waals surface area contributed by atoms with Gasteiger partial charge in [-0.15, -0.1) is 11.8 Å². The molecule has 0 aliphatic carbocycles. The lowest BCUT2D eigenvalue weighted by molar-refractivity contribution is 0.0949. The van der Waals surface area contributed by atoms with Crippen LogP contribution in [0.15, 0.2) is 33.6 Å². The van der Waals surface area contributed by atoms with Crippen LogP contribution < -0.4 is 5.73 Å². The molecule has 1 rings (SSSR count). The number of thioether (sulfide) groups is 1. The van der Waals surface area contributed by atoms with Gasteiger partial charge in [0.25, 0.3) is 0 Å². The maximum atomic E-state index is 9.70. The average Bonchev–Trinajstić information content (AvgIpc) is 2.15. The van der Waals surface area contributed by atoms with Crippen LogP contribution in [-0.2, 0) is 0 Å². The molecule has 14 heavy (non-hydrogen) atoms. The highest BCUT2D eigenvalue weighted by Gasteiger charge is 2.17. The van der Waals surface area contributed by atoms with Crippen molar-refractivity contribution < 1.29 is 5.11 Å². The van der Waals surface area contributed by atoms with Gasteiger partial charge in [-0.1, -0.05) is 22.0 Å². The van der Waals surface area contributed by atoms with Gasteiger partial charge in [0.1, 0.15) is 0 Å². The van der Waals surface area contributed by atoms with Crippen molar-refractivity contribution >= 4 is 27.7 Å². The third kappa shape index (κ3) is 4.00. The van der Waals surface area contributed by atoms with Crippen LogP contribution in [0.25, 0.3) is 0 Å². The zero-order valence-electron chi connectivity index (χ0n) is 8.03. The lowest BCUT2D eigenvalue weighted by Gasteiger charge is -2.20. The van der Waals surface area contributed by atoms with Gasteiger partial charge >= 0.3 is 0 Å². The highest BCUT2D eigenvalue weighted by atomic mass is 79.9. The molecule has 0 aliphatic heterocycles. The molecule has 0 aliphatic rings. The molecular weight excluding hydrogens is 262 g/mol. The van der Waals surface area contributed by atoms with Crippen molar-refractivity contribution in [3.05, 3.63) is 28.7 Å². The third-order valence-corrected chi connectivity index (χ3v) is 3.63. The molecule has 1 aromatic rings. The smallest absolute Gasteiger partial charge is 0.0834 e. The minimum absolute atomic E-state index is 0.286. The molecule has 0 bridgehead atoms. The van der Waals surface area contributed by atoms with E-state index >= 15 is 0 Å². The van der Waals surface area contributed by atoms with E-state index in [1.807, 2.05) is 24.3 Å². The van der Waals surface area contributed by atoms with Gasteiger partial charge < -0.3 is 10.8 Å². The summed E-state index contributed by atoms with van der Waals surface area (Å²) in [4.78, 5) is 1.13. The van der Waals surface area contributed by atoms with Crippen LogP contribution in [0.2, 0.25) is 0 Å². The normalized spacial score (nSPS) is 15.1. The molecule has 0 saturated heterocycles. The van der Waals surface area contributed by atoms with E-state index in [9.17, 15) is 5.11 Å². The molecule has 2 nitrogen and oxygen atoms in total. The van der Waals surface area contributed by atoms with Crippen molar-refractivity contribution in [2.75, 3.05) is 12.3 Å². The number of benzene rings is 1. The van der Waals surface area contributed by atoms with Crippen molar-refractivity contribution in [3.63, 3.8) is 0 Å². The third-order valence-electron chi connectivity index (χ3n) is 1.79. The quantitative estimate of drug-likeness (QED) is 0.829. The Morgan fingerprint density at radius 3 is 2.86 bits per heavy atom. The largest absolute Gasteiger partial charge is 0.388 e. The number of nitrogens with two attached hydrogens (primary N) is 1. The van der Waals surface area contributed by atoms with Gasteiger partial charge in [-0.2, -0.15) is 0 Å². The second kappa shape index (κ2) is 5.16. The Labute approximate surface area is 97.0 Å². The van der Waals surface area contributed by atoms with E-state index < -0.39 is 5.60 Å². The molecule has 0 radical (unpaired) electrons. The van der Waals surface area contributed by atoms with Gasteiger partial charge in [0.05, 0.1) is 5.60 Å². The minimum Gasteiger partial charge on any atom is -0.388 e. The molecule has 0 heterocycles. The van der Waals surface area contributed by atoms with Crippen molar-refractivity contribution in [1.82, 2.24) is 0 Å². The molecule has 78 valence electrons. The van der Waals surface area contributed by atoms with Crippen LogP contribution in [0.1, 0.15) is 6.92 Å². The van der Waals surface area contributed by atoms with Gasteiger partial charge in [-0.25, -0.2) is 0 Å². The highest BCUT2D eigenvalue weighted by Crippen LogP contribution is 2.24. The molecule has 0 fully saturated rings. The second-order valence-electron chi connectivity index (χ2n) is 3.45. The Balaban J connectivity index is 2.54. The van der Waals surface area contributed by atoms with Crippen molar-refractivity contribution in [1.29, 1.82) is 0 Å². The van der Waals surface area contributed by atoms with E-state index in [0.29, 0.717) is 5.75 Å². The first-order valence-electron chi connectivity index (χ1n) is 4.34. The van der Waals surface area contributed by atoms with Crippen LogP contribution in [0, 0.1) is 0 Å². The van der Waals surface area contributed by atoms with Crippen molar-refractivity contribution in [2.24, 2.45) is 5.73 Å². The van der Waals surface area contributed by atoms with E-state index in [-0.39, 0.29) is 6.54 Å². The number of aliphatic hydroxyl groups is 1. The lowest BCUT2D eigenvalue weighted by atomic mass is 10.1. The van der Waals surface area contributed by atoms with E-state index in [4.69, 9.17) is 5.73 Å². The maximum Gasteiger partial charge on any atom is 0.0834 e. The van der Waals surface area contributed by atoms with Crippen molar-refractivity contribution in [2.45, 2.75) is 17.4 Å². The number of rotatable bonds is 4. The van der Waals surface area contributed by atoms with E-state index in [2.05, 4.69) is 15.9 Å². The summed E-state index contributed by atoms with van der Waals surface area (Å²) in [5.74, 6) is 0.611. The summed E-state index contributed by atoms with van der Waals surface area (Å²) >= 11 is 5.01. The standard InChI is InChI=1S/C10H14BrNOS/c1-10(13,6-12)7-14-9-4-2-3-8(11)5-9/h2-5,13H,6-7,12H2,1H3. The Hall–Kier alpha value is -0.0300. The maximum absolute atomic E-state index is 9.70. The lowest BCUT2D eigenvalue weighted by Crippen LogP contribution is -2.36. The van der Waals surface area contributed by atoms with Crippen LogP contribution in [0.4, 0.5) is 0 Å². The van der Waals surface area contributed by atoms with Gasteiger partial charge in [-0.05, 0) is 25.1 Å². The van der Waals surface area contributed by atoms with Crippen LogP contribution in [0.3, 0.4) is 0 Å². The average molecular weight is 276 g/mol. The summed E-state index contributed by atoms with van der Waals surface area (Å²) in [6.07, 6.45) is 0. The fourth-order valence-corrected chi connectivity index (χ4v) is 2.39. The molecule has 4 heteroatoms. The van der Waals surface area contributed by atoms with Crippen LogP contribution in [0.5, 0.6) is 0 Å². The Morgan fingerprint density at radius 1 is 1.57 bits per heavy atom. The van der Waals surface area contributed by atoms with E-state index in [1.165, 1.54) is 0 Å². The van der Waals surface area contributed by atoms with E-state index in [0.717, 1.165) is 9.37 Å². The summed E-state index contributed by atoms with van der Waals surface area (Å²) in [5.41, 5.74) is 4.64. The fourth-order valence-electron chi connectivity index (χ4n) is 0.855. The summed E-state index contributed by atoms with van der Waals surface area (Å²) in [5, 5.41) is 9.70. The molecule has 3 N–H and O–H groups in total. The first kappa shape index (κ1) is 12.0. The molecule has 0 spiro atoms. The van der Waals surface area contributed by atoms with Gasteiger partial charge in [-0.3, -0.25) is 0 Å². The Morgan fingerprint density at radius 2 is 2.29 bits per heavy atom. The molecular formula is C10H14BrNOS. The summed E-state index contributed by atoms with van der Waals surface area (Å²) in [7, 11) is 0. The zero-order valence-corrected chi connectivity index (χ0v) is 10.4. The van der Waals surface area contributed by atoms with Crippen LogP contribution in [-0.4, -0.2) is 23.0 Å². The van der Waals surface area contributed by atoms with E-state index in [1.54, 1.807) is 18.7 Å². The Bertz CT molecular complexity index is 304. The molecule has 1 aromatic carbocycles. The molecule has 0 amide bonds. The van der Waals surface area contributed by atoms with Gasteiger partial charge in [0.2, 0.25) is 0 Å². The van der Waals surface area contributed by atoms with Crippen molar-refractivity contribution in [3.8, 4) is 0 Å². The first-order valence-corrected chi connectivity index (χ1v) is 6.12. The van der Waals surface area contributed by atoms with Gasteiger partial charge in [0.15, 0.2) is 0 Å². The molecule has 1 unspecified atom stereocenters. The zero-order chi connectivity index (χ0) is 10.6. The topological polar surface area (TPSA) is 46.2 Å². The number of hydrogen-bond acceptors (Lipinski definition) is 3.